The van der Waals surface area contributed by atoms with Crippen LogP contribution in [0.5, 0.6) is 0 Å². The van der Waals surface area contributed by atoms with Gasteiger partial charge in [0.1, 0.15) is 0 Å². The van der Waals surface area contributed by atoms with Crippen molar-refractivity contribution in [2.45, 2.75) is 31.3 Å². The van der Waals surface area contributed by atoms with Crippen LogP contribution in [0.15, 0.2) is 82.8 Å². The second-order valence-electron chi connectivity index (χ2n) is 8.22. The topological polar surface area (TPSA) is 129 Å². The predicted molar refractivity (Wildman–Crippen MR) is 135 cm³/mol. The van der Waals surface area contributed by atoms with Crippen LogP contribution in [0.2, 0.25) is 0 Å². The summed E-state index contributed by atoms with van der Waals surface area (Å²) in [4.78, 5) is 25.4. The fourth-order valence-corrected chi connectivity index (χ4v) is 4.83. The number of fused-ring (bicyclic) bond motifs is 1. The molecule has 3 aromatic carbocycles. The Labute approximate surface area is 203 Å². The Morgan fingerprint density at radius 3 is 2.46 bits per heavy atom. The molecule has 1 heterocycles. The number of nitrogens with one attached hydrogen (secondary N) is 4. The van der Waals surface area contributed by atoms with Crippen LogP contribution in [0, 0.1) is 0 Å². The Bertz CT molecular complexity index is 1400. The molecule has 1 aliphatic rings. The van der Waals surface area contributed by atoms with Crippen molar-refractivity contribution < 1.29 is 18.0 Å². The van der Waals surface area contributed by atoms with Gasteiger partial charge in [0, 0.05) is 18.2 Å². The number of nitrogens with zero attached hydrogens (tertiary/aromatic N) is 1. The van der Waals surface area contributed by atoms with Crippen molar-refractivity contribution in [1.29, 1.82) is 0 Å². The highest BCUT2D eigenvalue weighted by Crippen LogP contribution is 2.27. The van der Waals surface area contributed by atoms with Gasteiger partial charge < -0.3 is 10.6 Å². The summed E-state index contributed by atoms with van der Waals surface area (Å²) in [5.74, 6) is -0.786. The Balaban J connectivity index is 1.57. The molecule has 0 aromatic heterocycles. The van der Waals surface area contributed by atoms with Crippen LogP contribution in [-0.2, 0) is 21.4 Å². The lowest BCUT2D eigenvalue weighted by molar-refractivity contribution is -0.110. The molecule has 0 saturated carbocycles. The molecule has 10 heteroatoms. The molecule has 0 radical (unpaired) electrons. The maximum Gasteiger partial charge on any atom is 0.276 e. The minimum absolute atomic E-state index is 0.0149. The van der Waals surface area contributed by atoms with Gasteiger partial charge in [0.05, 0.1) is 21.8 Å². The molecule has 3 aromatic rings. The zero-order valence-corrected chi connectivity index (χ0v) is 20.0. The quantitative estimate of drug-likeness (QED) is 0.360. The second-order valence-corrected chi connectivity index (χ2v) is 9.94. The minimum atomic E-state index is -3.75. The minimum Gasteiger partial charge on any atom is -0.348 e. The Kier molecular flexibility index (Phi) is 6.94. The smallest absolute Gasteiger partial charge is 0.276 e. The van der Waals surface area contributed by atoms with Crippen molar-refractivity contribution in [3.8, 4) is 0 Å². The largest absolute Gasteiger partial charge is 0.348 e. The third kappa shape index (κ3) is 5.56. The van der Waals surface area contributed by atoms with Crippen LogP contribution in [0.1, 0.15) is 35.3 Å². The van der Waals surface area contributed by atoms with Gasteiger partial charge in [-0.15, -0.1) is 0 Å². The van der Waals surface area contributed by atoms with E-state index < -0.39 is 15.9 Å². The van der Waals surface area contributed by atoms with E-state index in [1.807, 2.05) is 30.3 Å². The summed E-state index contributed by atoms with van der Waals surface area (Å²) in [6.07, 6.45) is 0. The molecule has 4 N–H and O–H groups in total. The van der Waals surface area contributed by atoms with E-state index in [9.17, 15) is 18.0 Å². The normalized spacial score (nSPS) is 14.0. The summed E-state index contributed by atoms with van der Waals surface area (Å²) in [6, 6.07) is 20.4. The number of rotatable bonds is 8. The van der Waals surface area contributed by atoms with Crippen LogP contribution in [0.25, 0.3) is 0 Å². The summed E-state index contributed by atoms with van der Waals surface area (Å²) in [7, 11) is -3.75. The standard InChI is InChI=1S/C25H25N5O4S/c1-16(2)30-35(33,34)18-12-13-21-20(14-18)23(25(32)27-21)29-28-22-11-7-6-10-19(22)24(31)26-15-17-8-4-3-5-9-17/h3-14,16,28,30H,15H2,1-2H3,(H,26,31)(H,27,29,32). The van der Waals surface area contributed by atoms with Gasteiger partial charge in [-0.3, -0.25) is 15.0 Å². The molecule has 9 nitrogen and oxygen atoms in total. The highest BCUT2D eigenvalue weighted by molar-refractivity contribution is 7.89. The lowest BCUT2D eigenvalue weighted by Gasteiger charge is -2.11. The lowest BCUT2D eigenvalue weighted by Crippen LogP contribution is -2.30. The Morgan fingerprint density at radius 2 is 1.71 bits per heavy atom. The first-order valence-corrected chi connectivity index (χ1v) is 12.5. The third-order valence-corrected chi connectivity index (χ3v) is 6.82. The van der Waals surface area contributed by atoms with Gasteiger partial charge in [-0.25, -0.2) is 13.1 Å². The van der Waals surface area contributed by atoms with Gasteiger partial charge in [-0.2, -0.15) is 5.10 Å². The van der Waals surface area contributed by atoms with Gasteiger partial charge in [-0.05, 0) is 49.7 Å². The first-order chi connectivity index (χ1) is 16.7. The van der Waals surface area contributed by atoms with Crippen molar-refractivity contribution in [1.82, 2.24) is 10.0 Å². The van der Waals surface area contributed by atoms with Gasteiger partial charge in [0.25, 0.3) is 11.8 Å². The monoisotopic (exact) mass is 491 g/mol. The summed E-state index contributed by atoms with van der Waals surface area (Å²) in [5.41, 5.74) is 5.32. The number of benzene rings is 3. The van der Waals surface area contributed by atoms with E-state index in [2.05, 4.69) is 25.9 Å². The highest BCUT2D eigenvalue weighted by Gasteiger charge is 2.29. The van der Waals surface area contributed by atoms with Crippen molar-refractivity contribution in [3.63, 3.8) is 0 Å². The number of hydrogen-bond acceptors (Lipinski definition) is 6. The molecule has 0 saturated heterocycles. The molecule has 0 aliphatic carbocycles. The number of hydrogen-bond donors (Lipinski definition) is 4. The number of anilines is 2. The Morgan fingerprint density at radius 1 is 1.00 bits per heavy atom. The molecule has 0 atom stereocenters. The van der Waals surface area contributed by atoms with E-state index in [1.165, 1.54) is 18.2 Å². The number of carbonyl (C=O) groups excluding carboxylic acids is 2. The summed E-state index contributed by atoms with van der Waals surface area (Å²) in [6.45, 7) is 3.81. The first-order valence-electron chi connectivity index (χ1n) is 11.0. The molecule has 4 rings (SSSR count). The van der Waals surface area contributed by atoms with Crippen molar-refractivity contribution >= 4 is 38.9 Å². The average molecular weight is 492 g/mol. The van der Waals surface area contributed by atoms with Crippen LogP contribution in [0.4, 0.5) is 11.4 Å². The summed E-state index contributed by atoms with van der Waals surface area (Å²) in [5, 5.41) is 9.76. The van der Waals surface area contributed by atoms with E-state index in [4.69, 9.17) is 0 Å². The molecular weight excluding hydrogens is 466 g/mol. The molecule has 0 fully saturated rings. The van der Waals surface area contributed by atoms with Gasteiger partial charge in [0.2, 0.25) is 10.0 Å². The fourth-order valence-electron chi connectivity index (χ4n) is 3.56. The second kappa shape index (κ2) is 10.1. The maximum absolute atomic E-state index is 12.8. The first kappa shape index (κ1) is 24.1. The number of sulfonamides is 1. The van der Waals surface area contributed by atoms with Crippen LogP contribution < -0.4 is 20.8 Å². The van der Waals surface area contributed by atoms with Crippen molar-refractivity contribution in [2.75, 3.05) is 10.7 Å². The fraction of sp³-hybridized carbons (Fsp3) is 0.160. The SMILES string of the molecule is CC(C)NS(=O)(=O)c1ccc2c(c1)/C(=N/Nc1ccccc1C(=O)NCc1ccccc1)C(=O)N2. The molecule has 2 amide bonds. The molecule has 180 valence electrons. The van der Waals surface area contributed by atoms with Crippen molar-refractivity contribution in [2.24, 2.45) is 5.10 Å². The zero-order chi connectivity index (χ0) is 25.0. The molecule has 0 spiro atoms. The number of para-hydroxylation sites is 1. The van der Waals surface area contributed by atoms with E-state index in [-0.39, 0.29) is 22.6 Å². The van der Waals surface area contributed by atoms with Crippen LogP contribution in [0.3, 0.4) is 0 Å². The maximum atomic E-state index is 12.8. The molecular formula is C25H25N5O4S. The summed E-state index contributed by atoms with van der Waals surface area (Å²) >= 11 is 0. The zero-order valence-electron chi connectivity index (χ0n) is 19.2. The van der Waals surface area contributed by atoms with E-state index in [0.29, 0.717) is 29.0 Å². The molecule has 0 unspecified atom stereocenters. The highest BCUT2D eigenvalue weighted by atomic mass is 32.2. The molecule has 0 bridgehead atoms. The van der Waals surface area contributed by atoms with Gasteiger partial charge in [-0.1, -0.05) is 42.5 Å². The molecule has 1 aliphatic heterocycles. The van der Waals surface area contributed by atoms with Gasteiger partial charge >= 0.3 is 0 Å². The van der Waals surface area contributed by atoms with E-state index >= 15 is 0 Å². The Hall–Kier alpha value is -4.02. The average Bonchev–Trinajstić information content (AvgIpc) is 3.15. The predicted octanol–water partition coefficient (Wildman–Crippen LogP) is 3.07. The van der Waals surface area contributed by atoms with Crippen LogP contribution >= 0.6 is 0 Å². The number of hydrazone groups is 1. The van der Waals surface area contributed by atoms with E-state index in [0.717, 1.165) is 5.56 Å². The summed E-state index contributed by atoms with van der Waals surface area (Å²) < 4.78 is 27.7. The van der Waals surface area contributed by atoms with Crippen LogP contribution in [-0.4, -0.2) is 32.0 Å². The van der Waals surface area contributed by atoms with Crippen molar-refractivity contribution in [3.05, 3.63) is 89.5 Å². The van der Waals surface area contributed by atoms with Gasteiger partial charge in [0.15, 0.2) is 5.71 Å². The van der Waals surface area contributed by atoms with E-state index in [1.54, 1.807) is 38.1 Å². The third-order valence-electron chi connectivity index (χ3n) is 5.17. The number of amides is 2. The number of carbonyl (C=O) groups is 2. The molecule has 35 heavy (non-hydrogen) atoms. The lowest BCUT2D eigenvalue weighted by atomic mass is 10.1.